The third-order valence-electron chi connectivity index (χ3n) is 7.35. The van der Waals surface area contributed by atoms with Crippen LogP contribution in [0.2, 0.25) is 0 Å². The maximum absolute atomic E-state index is 10.7. The molecule has 3 N–H and O–H groups in total. The van der Waals surface area contributed by atoms with Crippen LogP contribution in [0, 0.1) is 5.41 Å². The van der Waals surface area contributed by atoms with Gasteiger partial charge in [0, 0.05) is 5.56 Å². The molecule has 0 aromatic heterocycles. The fourth-order valence-corrected chi connectivity index (χ4v) is 5.01. The highest BCUT2D eigenvalue weighted by molar-refractivity contribution is 5.51. The van der Waals surface area contributed by atoms with Gasteiger partial charge in [0.15, 0.2) is 0 Å². The molecule has 208 valence electrons. The molecule has 0 radical (unpaired) electrons. The monoisotopic (exact) mass is 512 g/mol. The van der Waals surface area contributed by atoms with Gasteiger partial charge in [-0.15, -0.1) is 0 Å². The summed E-state index contributed by atoms with van der Waals surface area (Å²) < 4.78 is 7.15. The minimum absolute atomic E-state index is 0.210. The van der Waals surface area contributed by atoms with Crippen molar-refractivity contribution in [1.82, 2.24) is 0 Å². The second-order valence-corrected chi connectivity index (χ2v) is 14.8. The molecular formula is C33H52O4. The molecule has 37 heavy (non-hydrogen) atoms. The Balaban J connectivity index is 3.10. The molecular weight excluding hydrogens is 460 g/mol. The van der Waals surface area contributed by atoms with Crippen LogP contribution in [0.5, 0.6) is 5.75 Å². The Morgan fingerprint density at radius 1 is 0.541 bits per heavy atom. The Morgan fingerprint density at radius 3 is 1.11 bits per heavy atom. The van der Waals surface area contributed by atoms with Gasteiger partial charge in [-0.1, -0.05) is 119 Å². The number of aliphatic hydroxyl groups excluding tert-OH is 3. The molecule has 0 aliphatic carbocycles. The summed E-state index contributed by atoms with van der Waals surface area (Å²) in [5.41, 5.74) is 3.00. The molecule has 1 unspecified atom stereocenters. The molecule has 4 heteroatoms. The Morgan fingerprint density at radius 2 is 0.838 bits per heavy atom. The van der Waals surface area contributed by atoms with E-state index in [1.54, 1.807) is 0 Å². The third kappa shape index (κ3) is 6.58. The Kier molecular flexibility index (Phi) is 9.07. The van der Waals surface area contributed by atoms with Gasteiger partial charge in [0.25, 0.3) is 0 Å². The maximum Gasteiger partial charge on any atom is 0.137 e. The van der Waals surface area contributed by atoms with Crippen LogP contribution in [-0.2, 0) is 21.7 Å². The van der Waals surface area contributed by atoms with E-state index in [4.69, 9.17) is 4.74 Å². The van der Waals surface area contributed by atoms with Crippen LogP contribution in [0.25, 0.3) is 0 Å². The van der Waals surface area contributed by atoms with E-state index in [0.717, 1.165) is 33.6 Å². The van der Waals surface area contributed by atoms with Crippen molar-refractivity contribution in [2.75, 3.05) is 19.8 Å². The van der Waals surface area contributed by atoms with E-state index < -0.39 is 31.3 Å². The van der Waals surface area contributed by atoms with Crippen molar-refractivity contribution in [2.45, 2.75) is 111 Å². The molecule has 0 saturated carbocycles. The quantitative estimate of drug-likeness (QED) is 0.375. The van der Waals surface area contributed by atoms with Gasteiger partial charge in [0.05, 0.1) is 25.2 Å². The summed E-state index contributed by atoms with van der Waals surface area (Å²) in [6.45, 7) is 24.7. The van der Waals surface area contributed by atoms with Crippen LogP contribution in [-0.4, -0.2) is 35.1 Å². The fraction of sp³-hybridized carbons (Fsp3) is 0.636. The predicted octanol–water partition coefficient (Wildman–Crippen LogP) is 6.96. The number of hydrogen-bond acceptors (Lipinski definition) is 4. The Bertz CT molecular complexity index is 979. The van der Waals surface area contributed by atoms with E-state index in [1.165, 1.54) is 0 Å². The van der Waals surface area contributed by atoms with Gasteiger partial charge in [-0.05, 0) is 43.9 Å². The zero-order valence-corrected chi connectivity index (χ0v) is 25.4. The lowest BCUT2D eigenvalue weighted by Gasteiger charge is -2.43. The van der Waals surface area contributed by atoms with Crippen LogP contribution < -0.4 is 4.74 Å². The van der Waals surface area contributed by atoms with Crippen molar-refractivity contribution < 1.29 is 20.1 Å². The van der Waals surface area contributed by atoms with E-state index in [0.29, 0.717) is 0 Å². The number of benzene rings is 2. The zero-order valence-electron chi connectivity index (χ0n) is 25.4. The third-order valence-corrected chi connectivity index (χ3v) is 7.35. The van der Waals surface area contributed by atoms with E-state index in [-0.39, 0.29) is 21.7 Å². The highest BCUT2D eigenvalue weighted by atomic mass is 16.5. The van der Waals surface area contributed by atoms with E-state index >= 15 is 0 Å². The number of para-hydroxylation sites is 1. The van der Waals surface area contributed by atoms with Crippen LogP contribution in [0.3, 0.4) is 0 Å². The average Bonchev–Trinajstić information content (AvgIpc) is 2.76. The summed E-state index contributed by atoms with van der Waals surface area (Å²) in [4.78, 5) is 0. The lowest BCUT2D eigenvalue weighted by molar-refractivity contribution is -0.0761. The van der Waals surface area contributed by atoms with E-state index in [1.807, 2.05) is 0 Å². The minimum atomic E-state index is -1.30. The summed E-state index contributed by atoms with van der Waals surface area (Å²) >= 11 is 0. The second-order valence-electron chi connectivity index (χ2n) is 14.8. The first-order valence-corrected chi connectivity index (χ1v) is 13.5. The van der Waals surface area contributed by atoms with Gasteiger partial charge >= 0.3 is 0 Å². The largest absolute Gasteiger partial charge is 0.484 e. The van der Waals surface area contributed by atoms with Crippen molar-refractivity contribution in [3.05, 3.63) is 64.2 Å². The van der Waals surface area contributed by atoms with Crippen LogP contribution in [0.4, 0.5) is 0 Å². The van der Waals surface area contributed by atoms with Crippen molar-refractivity contribution in [3.8, 4) is 5.75 Å². The number of ether oxygens (including phenoxy) is 1. The molecule has 0 amide bonds. The van der Waals surface area contributed by atoms with Gasteiger partial charge in [-0.2, -0.15) is 0 Å². The number of hydrogen-bond donors (Lipinski definition) is 3. The van der Waals surface area contributed by atoms with Crippen LogP contribution >= 0.6 is 0 Å². The van der Waals surface area contributed by atoms with Crippen molar-refractivity contribution in [2.24, 2.45) is 5.41 Å². The molecule has 0 fully saturated rings. The lowest BCUT2D eigenvalue weighted by Crippen LogP contribution is -2.45. The molecule has 0 aliphatic rings. The summed E-state index contributed by atoms with van der Waals surface area (Å²) in [5, 5.41) is 32.2. The first-order valence-electron chi connectivity index (χ1n) is 13.5. The first kappa shape index (κ1) is 31.3. The number of aliphatic hydroxyl groups is 3. The average molecular weight is 513 g/mol. The van der Waals surface area contributed by atoms with Crippen molar-refractivity contribution in [3.63, 3.8) is 0 Å². The topological polar surface area (TPSA) is 69.9 Å². The van der Waals surface area contributed by atoms with Crippen molar-refractivity contribution in [1.29, 1.82) is 0 Å². The highest BCUT2D eigenvalue weighted by Gasteiger charge is 2.46. The smallest absolute Gasteiger partial charge is 0.137 e. The van der Waals surface area contributed by atoms with Gasteiger partial charge in [-0.25, -0.2) is 0 Å². The summed E-state index contributed by atoms with van der Waals surface area (Å²) in [7, 11) is 0. The first-order chi connectivity index (χ1) is 16.7. The fourth-order valence-electron chi connectivity index (χ4n) is 5.01. The highest BCUT2D eigenvalue weighted by Crippen LogP contribution is 2.49. The van der Waals surface area contributed by atoms with E-state index in [2.05, 4.69) is 119 Å². The summed E-state index contributed by atoms with van der Waals surface area (Å²) in [5.74, 6) is 0.760. The van der Waals surface area contributed by atoms with Crippen molar-refractivity contribution >= 4 is 0 Å². The molecule has 0 saturated heterocycles. The van der Waals surface area contributed by atoms with Crippen LogP contribution in [0.1, 0.15) is 117 Å². The van der Waals surface area contributed by atoms with Gasteiger partial charge in [0.1, 0.15) is 11.9 Å². The SMILES string of the molecule is CC(C)(C)c1cccc(C(C)(C)C)c1OC(c1c(C(C)(C)C)cccc1C(C)(C)C)C(CO)(CO)CO. The molecule has 0 heterocycles. The molecule has 4 nitrogen and oxygen atoms in total. The predicted molar refractivity (Wildman–Crippen MR) is 155 cm³/mol. The molecule has 0 aliphatic heterocycles. The Labute approximate surface area is 226 Å². The molecule has 0 spiro atoms. The molecule has 1 atom stereocenters. The zero-order chi connectivity index (χ0) is 28.6. The standard InChI is InChI=1S/C33H52O4/c1-29(2,3)22-15-13-16-23(30(4,5)6)26(22)28(33(19-34,20-35)21-36)37-27-24(31(7,8)9)17-14-18-25(27)32(10,11)12/h13-18,28,34-36H,19-21H2,1-12H3. The molecule has 2 aromatic rings. The summed E-state index contributed by atoms with van der Waals surface area (Å²) in [6.07, 6.45) is -0.790. The minimum Gasteiger partial charge on any atom is -0.484 e. The normalized spacial score (nSPS) is 14.6. The van der Waals surface area contributed by atoms with Gasteiger partial charge in [0.2, 0.25) is 0 Å². The van der Waals surface area contributed by atoms with Gasteiger partial charge < -0.3 is 20.1 Å². The maximum atomic E-state index is 10.7. The molecule has 2 rings (SSSR count). The van der Waals surface area contributed by atoms with Crippen LogP contribution in [0.15, 0.2) is 36.4 Å². The second kappa shape index (κ2) is 10.7. The molecule has 0 bridgehead atoms. The van der Waals surface area contributed by atoms with E-state index in [9.17, 15) is 15.3 Å². The lowest BCUT2D eigenvalue weighted by atomic mass is 9.69. The molecule has 2 aromatic carbocycles. The Hall–Kier alpha value is -1.88. The summed E-state index contributed by atoms with van der Waals surface area (Å²) in [6, 6.07) is 12.6. The van der Waals surface area contributed by atoms with Gasteiger partial charge in [-0.3, -0.25) is 0 Å². The number of rotatable bonds is 7.